The average Bonchev–Trinajstić information content (AvgIpc) is 3.00. The minimum atomic E-state index is -0.641. The van der Waals surface area contributed by atoms with Crippen LogP contribution in [0.1, 0.15) is 43.5 Å². The van der Waals surface area contributed by atoms with Crippen LogP contribution in [-0.2, 0) is 20.9 Å². The fourth-order valence-electron chi connectivity index (χ4n) is 4.41. The fourth-order valence-corrected chi connectivity index (χ4v) is 5.08. The highest BCUT2D eigenvalue weighted by molar-refractivity contribution is 7.80. The minimum Gasteiger partial charge on any atom is -0.490 e. The molecule has 1 aliphatic rings. The molecule has 3 aromatic rings. The molecule has 0 aliphatic carbocycles. The third kappa shape index (κ3) is 9.10. The Balaban J connectivity index is 1.41. The Morgan fingerprint density at radius 1 is 1.00 bits per heavy atom. The summed E-state index contributed by atoms with van der Waals surface area (Å²) < 4.78 is 22.8. The van der Waals surface area contributed by atoms with Gasteiger partial charge in [0, 0.05) is 16.3 Å². The molecule has 236 valence electrons. The van der Waals surface area contributed by atoms with Gasteiger partial charge in [0.2, 0.25) is 0 Å². The zero-order valence-corrected chi connectivity index (χ0v) is 27.1. The third-order valence-corrected chi connectivity index (χ3v) is 7.14. The van der Waals surface area contributed by atoms with Gasteiger partial charge in [-0.15, -0.1) is 0 Å². The number of thiocarbonyl (C=S) groups is 1. The number of nitrogens with zero attached hydrogens (tertiary/aromatic N) is 1. The molecule has 0 saturated carbocycles. The molecule has 0 fully saturated rings. The molecule has 13 heteroatoms. The summed E-state index contributed by atoms with van der Waals surface area (Å²) in [5.74, 6) is 0.214. The monoisotopic (exact) mass is 670 g/mol. The van der Waals surface area contributed by atoms with Crippen molar-refractivity contribution in [3.63, 3.8) is 0 Å². The summed E-state index contributed by atoms with van der Waals surface area (Å²) in [6, 6.07) is 17.1. The first-order valence-corrected chi connectivity index (χ1v) is 15.2. The number of hydrogen-bond donors (Lipinski definition) is 3. The molecule has 1 aliphatic heterocycles. The van der Waals surface area contributed by atoms with Gasteiger partial charge in [-0.25, -0.2) is 10.2 Å². The molecule has 10 nitrogen and oxygen atoms in total. The van der Waals surface area contributed by atoms with E-state index in [4.69, 9.17) is 54.4 Å². The highest BCUT2D eigenvalue weighted by Gasteiger charge is 2.32. The number of nitrogens with one attached hydrogen (secondary N) is 3. The van der Waals surface area contributed by atoms with E-state index in [-0.39, 0.29) is 19.8 Å². The average molecular weight is 672 g/mol. The molecule has 0 unspecified atom stereocenters. The van der Waals surface area contributed by atoms with Gasteiger partial charge in [0.25, 0.3) is 5.91 Å². The van der Waals surface area contributed by atoms with Crippen LogP contribution in [0.5, 0.6) is 17.2 Å². The number of carbonyl (C=O) groups is 2. The number of halogens is 2. The van der Waals surface area contributed by atoms with Gasteiger partial charge in [0.05, 0.1) is 36.1 Å². The van der Waals surface area contributed by atoms with Gasteiger partial charge in [-0.3, -0.25) is 4.79 Å². The van der Waals surface area contributed by atoms with E-state index in [0.717, 1.165) is 5.56 Å². The van der Waals surface area contributed by atoms with Crippen molar-refractivity contribution >= 4 is 58.6 Å². The molecule has 3 aromatic carbocycles. The molecule has 1 heterocycles. The zero-order chi connectivity index (χ0) is 32.3. The zero-order valence-electron chi connectivity index (χ0n) is 24.8. The lowest BCUT2D eigenvalue weighted by Gasteiger charge is -2.30. The normalized spacial score (nSPS) is 14.4. The first-order chi connectivity index (χ1) is 21.7. The van der Waals surface area contributed by atoms with Crippen molar-refractivity contribution in [2.45, 2.75) is 33.4 Å². The Hall–Kier alpha value is -4.32. The minimum absolute atomic E-state index is 0.215. The number of benzene rings is 3. The molecule has 45 heavy (non-hydrogen) atoms. The molecule has 0 saturated heterocycles. The summed E-state index contributed by atoms with van der Waals surface area (Å²) in [6.45, 7) is 5.85. The fraction of sp³-hybridized carbons (Fsp3) is 0.250. The Kier molecular flexibility index (Phi) is 12.0. The number of rotatable bonds is 13. The first kappa shape index (κ1) is 33.6. The molecule has 0 spiro atoms. The molecule has 3 N–H and O–H groups in total. The van der Waals surface area contributed by atoms with E-state index in [1.807, 2.05) is 19.1 Å². The van der Waals surface area contributed by atoms with Gasteiger partial charge >= 0.3 is 5.97 Å². The van der Waals surface area contributed by atoms with Crippen molar-refractivity contribution in [1.29, 1.82) is 0 Å². The molecule has 1 amide bonds. The molecule has 0 bridgehead atoms. The van der Waals surface area contributed by atoms with E-state index >= 15 is 0 Å². The second-order valence-corrected chi connectivity index (χ2v) is 10.8. The number of ether oxygens (including phenoxy) is 4. The van der Waals surface area contributed by atoms with Crippen LogP contribution >= 0.6 is 35.4 Å². The predicted octanol–water partition coefficient (Wildman–Crippen LogP) is 5.86. The highest BCUT2D eigenvalue weighted by atomic mass is 35.5. The largest absolute Gasteiger partial charge is 0.490 e. The second kappa shape index (κ2) is 16.1. The van der Waals surface area contributed by atoms with E-state index < -0.39 is 17.9 Å². The van der Waals surface area contributed by atoms with Crippen LogP contribution in [0, 0.1) is 0 Å². The number of hydrazone groups is 1. The van der Waals surface area contributed by atoms with Crippen LogP contribution in [0.25, 0.3) is 0 Å². The maximum atomic E-state index is 12.8. The molecule has 0 radical (unpaired) electrons. The van der Waals surface area contributed by atoms with Crippen molar-refractivity contribution in [1.82, 2.24) is 16.1 Å². The summed E-state index contributed by atoms with van der Waals surface area (Å²) in [5.41, 5.74) is 5.48. The van der Waals surface area contributed by atoms with E-state index in [1.165, 1.54) is 6.21 Å². The Labute approximate surface area is 276 Å². The molecule has 4 rings (SSSR count). The Bertz CT molecular complexity index is 1610. The van der Waals surface area contributed by atoms with Crippen LogP contribution in [0.15, 0.2) is 77.0 Å². The summed E-state index contributed by atoms with van der Waals surface area (Å²) in [7, 11) is 0. The first-order valence-electron chi connectivity index (χ1n) is 14.0. The van der Waals surface area contributed by atoms with Crippen LogP contribution in [0.3, 0.4) is 0 Å². The lowest BCUT2D eigenvalue weighted by molar-refractivity contribution is -0.139. The van der Waals surface area contributed by atoms with Gasteiger partial charge < -0.3 is 29.6 Å². The van der Waals surface area contributed by atoms with Crippen LogP contribution in [0.4, 0.5) is 0 Å². The SMILES string of the molecule is CCOC(=O)C1=C(C)NC(=S)N[C@@H]1c1ccccc1OCC(=O)NN=Cc1cc(Cl)c(OCc2ccc(Cl)cc2)c(OCC)c1. The van der Waals surface area contributed by atoms with Gasteiger partial charge in [-0.2, -0.15) is 5.10 Å². The number of para-hydroxylation sites is 1. The van der Waals surface area contributed by atoms with Crippen molar-refractivity contribution in [3.8, 4) is 17.2 Å². The van der Waals surface area contributed by atoms with Crippen molar-refractivity contribution in [2.75, 3.05) is 19.8 Å². The van der Waals surface area contributed by atoms with E-state index in [0.29, 0.717) is 61.4 Å². The number of carbonyl (C=O) groups excluding carboxylic acids is 2. The Morgan fingerprint density at radius 2 is 1.76 bits per heavy atom. The van der Waals surface area contributed by atoms with Crippen molar-refractivity contribution in [2.24, 2.45) is 5.10 Å². The molecular weight excluding hydrogens is 639 g/mol. The van der Waals surface area contributed by atoms with Crippen molar-refractivity contribution < 1.29 is 28.5 Å². The maximum absolute atomic E-state index is 12.8. The predicted molar refractivity (Wildman–Crippen MR) is 177 cm³/mol. The standard InChI is InChI=1S/C32H32Cl2N4O6S/c1-4-41-26-15-21(14-24(34)30(26)44-17-20-10-12-22(33)13-11-20)16-35-38-27(39)18-43-25-9-7-6-8-23(25)29-28(31(40)42-5-2)19(3)36-32(45)37-29/h6-16,29H,4-5,17-18H2,1-3H3,(H,38,39)(H2,36,37,45)/t29-/m1/s1. The van der Waals surface area contributed by atoms with Crippen LogP contribution in [-0.4, -0.2) is 43.0 Å². The van der Waals surface area contributed by atoms with Crippen LogP contribution < -0.4 is 30.3 Å². The second-order valence-electron chi connectivity index (χ2n) is 9.59. The van der Waals surface area contributed by atoms with E-state index in [1.54, 1.807) is 62.4 Å². The lowest BCUT2D eigenvalue weighted by Crippen LogP contribution is -2.45. The van der Waals surface area contributed by atoms with Gasteiger partial charge in [-0.1, -0.05) is 53.5 Å². The topological polar surface area (TPSA) is 120 Å². The Morgan fingerprint density at radius 3 is 2.49 bits per heavy atom. The number of allylic oxidation sites excluding steroid dienone is 1. The van der Waals surface area contributed by atoms with E-state index in [9.17, 15) is 9.59 Å². The highest BCUT2D eigenvalue weighted by Crippen LogP contribution is 2.37. The van der Waals surface area contributed by atoms with Crippen LogP contribution in [0.2, 0.25) is 10.0 Å². The molecule has 0 aromatic heterocycles. The summed E-state index contributed by atoms with van der Waals surface area (Å²) in [4.78, 5) is 25.4. The quantitative estimate of drug-likeness (QED) is 0.0890. The maximum Gasteiger partial charge on any atom is 0.338 e. The number of hydrogen-bond acceptors (Lipinski definition) is 8. The smallest absolute Gasteiger partial charge is 0.338 e. The van der Waals surface area contributed by atoms with Gasteiger partial charge in [0.15, 0.2) is 23.2 Å². The summed E-state index contributed by atoms with van der Waals surface area (Å²) >= 11 is 17.8. The molecule has 1 atom stereocenters. The number of esters is 1. The van der Waals surface area contributed by atoms with Gasteiger partial charge in [-0.05, 0) is 74.4 Å². The summed E-state index contributed by atoms with van der Waals surface area (Å²) in [6.07, 6.45) is 1.43. The van der Waals surface area contributed by atoms with Crippen molar-refractivity contribution in [3.05, 3.63) is 98.7 Å². The van der Waals surface area contributed by atoms with Gasteiger partial charge in [0.1, 0.15) is 12.4 Å². The van der Waals surface area contributed by atoms with E-state index in [2.05, 4.69) is 21.2 Å². The molecular formula is C32H32Cl2N4O6S. The summed E-state index contributed by atoms with van der Waals surface area (Å²) in [5, 5.41) is 11.4. The third-order valence-electron chi connectivity index (χ3n) is 6.38. The number of amides is 1. The lowest BCUT2D eigenvalue weighted by atomic mass is 9.95.